The van der Waals surface area contributed by atoms with Gasteiger partial charge >= 0.3 is 0 Å². The number of ether oxygens (including phenoxy) is 2. The zero-order chi connectivity index (χ0) is 17.6. The van der Waals surface area contributed by atoms with Crippen LogP contribution in [0.5, 0.6) is 11.5 Å². The van der Waals surface area contributed by atoms with Crippen LogP contribution in [0.3, 0.4) is 0 Å². The molecular formula is C18H18N2O4S. The average Bonchev–Trinajstić information content (AvgIpc) is 3.08. The molecule has 2 N–H and O–H groups in total. The number of fused-ring (bicyclic) bond motifs is 1. The summed E-state index contributed by atoms with van der Waals surface area (Å²) in [6.07, 6.45) is 3.36. The molecule has 1 amide bonds. The third kappa shape index (κ3) is 4.14. The van der Waals surface area contributed by atoms with Crippen LogP contribution in [-0.2, 0) is 11.3 Å². The molecule has 0 aliphatic heterocycles. The van der Waals surface area contributed by atoms with E-state index in [0.29, 0.717) is 29.6 Å². The number of benzene rings is 1. The summed E-state index contributed by atoms with van der Waals surface area (Å²) >= 11 is 1.38. The number of hydrogen-bond donors (Lipinski definition) is 2. The molecular weight excluding hydrogens is 340 g/mol. The number of hydrogen-bond acceptors (Lipinski definition) is 6. The molecule has 130 valence electrons. The van der Waals surface area contributed by atoms with Crippen molar-refractivity contribution in [3.05, 3.63) is 53.2 Å². The fourth-order valence-corrected chi connectivity index (χ4v) is 3.28. The summed E-state index contributed by atoms with van der Waals surface area (Å²) in [6, 6.07) is 9.33. The second-order valence-electron chi connectivity index (χ2n) is 5.26. The second kappa shape index (κ2) is 8.06. The first-order chi connectivity index (χ1) is 12.2. The molecule has 0 aliphatic rings. The Hall–Kier alpha value is -2.48. The van der Waals surface area contributed by atoms with Crippen LogP contribution < -0.4 is 10.1 Å². The fraction of sp³-hybridized carbons (Fsp3) is 0.222. The van der Waals surface area contributed by atoms with E-state index in [2.05, 4.69) is 10.3 Å². The molecule has 0 radical (unpaired) electrons. The lowest BCUT2D eigenvalue weighted by Crippen LogP contribution is -2.15. The molecule has 2 aromatic heterocycles. The highest BCUT2D eigenvalue weighted by Gasteiger charge is 2.13. The van der Waals surface area contributed by atoms with Crippen LogP contribution in [0.15, 0.2) is 42.7 Å². The van der Waals surface area contributed by atoms with Crippen LogP contribution in [0, 0.1) is 0 Å². The van der Waals surface area contributed by atoms with E-state index in [9.17, 15) is 4.79 Å². The number of nitrogens with zero attached hydrogens (tertiary/aromatic N) is 1. The highest BCUT2D eigenvalue weighted by molar-refractivity contribution is 7.20. The summed E-state index contributed by atoms with van der Waals surface area (Å²) in [5.41, 5.74) is 0.995. The zero-order valence-corrected chi connectivity index (χ0v) is 14.5. The summed E-state index contributed by atoms with van der Waals surface area (Å²) in [5.74, 6) is 1.15. The van der Waals surface area contributed by atoms with E-state index in [1.807, 2.05) is 30.3 Å². The van der Waals surface area contributed by atoms with E-state index in [1.165, 1.54) is 11.3 Å². The van der Waals surface area contributed by atoms with Gasteiger partial charge in [0.05, 0.1) is 35.6 Å². The molecule has 0 bridgehead atoms. The maximum atomic E-state index is 11.8. The van der Waals surface area contributed by atoms with E-state index >= 15 is 0 Å². The van der Waals surface area contributed by atoms with Crippen LogP contribution in [0.4, 0.5) is 0 Å². The minimum absolute atomic E-state index is 0.0108. The van der Waals surface area contributed by atoms with Crippen LogP contribution in [0.1, 0.15) is 15.2 Å². The molecule has 2 heterocycles. The number of carbonyl (C=O) groups excluding carboxylic acids is 1. The summed E-state index contributed by atoms with van der Waals surface area (Å²) in [5, 5.41) is 12.2. The molecule has 7 heteroatoms. The van der Waals surface area contributed by atoms with Gasteiger partial charge in [-0.15, -0.1) is 11.3 Å². The van der Waals surface area contributed by atoms with E-state index in [0.717, 1.165) is 15.6 Å². The molecule has 0 unspecified atom stereocenters. The Kier molecular flexibility index (Phi) is 5.60. The van der Waals surface area contributed by atoms with Gasteiger partial charge in [0.1, 0.15) is 5.75 Å². The van der Waals surface area contributed by atoms with Gasteiger partial charge in [0.25, 0.3) is 5.91 Å². The van der Waals surface area contributed by atoms with Crippen molar-refractivity contribution in [3.63, 3.8) is 0 Å². The number of amides is 1. The van der Waals surface area contributed by atoms with Crippen molar-refractivity contribution in [1.82, 2.24) is 10.3 Å². The van der Waals surface area contributed by atoms with Crippen molar-refractivity contribution in [2.75, 3.05) is 20.3 Å². The number of carbonyl (C=O) groups is 1. The predicted molar refractivity (Wildman–Crippen MR) is 96.3 cm³/mol. The molecule has 25 heavy (non-hydrogen) atoms. The van der Waals surface area contributed by atoms with Crippen molar-refractivity contribution in [2.24, 2.45) is 0 Å². The highest BCUT2D eigenvalue weighted by atomic mass is 32.1. The molecule has 1 aromatic carbocycles. The zero-order valence-electron chi connectivity index (χ0n) is 13.7. The van der Waals surface area contributed by atoms with Gasteiger partial charge in [0.2, 0.25) is 0 Å². The Morgan fingerprint density at radius 2 is 2.08 bits per heavy atom. The molecule has 3 rings (SSSR count). The highest BCUT2D eigenvalue weighted by Crippen LogP contribution is 2.34. The fourth-order valence-electron chi connectivity index (χ4n) is 2.29. The van der Waals surface area contributed by atoms with Gasteiger partial charge in [-0.2, -0.15) is 0 Å². The van der Waals surface area contributed by atoms with Gasteiger partial charge in [-0.1, -0.05) is 12.1 Å². The number of pyridine rings is 1. The Morgan fingerprint density at radius 3 is 2.80 bits per heavy atom. The smallest absolute Gasteiger partial charge is 0.261 e. The maximum Gasteiger partial charge on any atom is 0.261 e. The van der Waals surface area contributed by atoms with Crippen molar-refractivity contribution in [3.8, 4) is 11.5 Å². The largest absolute Gasteiger partial charge is 0.455 e. The average molecular weight is 358 g/mol. The van der Waals surface area contributed by atoms with Crippen molar-refractivity contribution in [2.45, 2.75) is 6.61 Å². The van der Waals surface area contributed by atoms with E-state index in [-0.39, 0.29) is 12.5 Å². The molecule has 0 saturated heterocycles. The molecule has 0 atom stereocenters. The number of aliphatic hydroxyl groups is 1. The lowest BCUT2D eigenvalue weighted by molar-refractivity contribution is 0.0815. The van der Waals surface area contributed by atoms with E-state index < -0.39 is 0 Å². The van der Waals surface area contributed by atoms with Gasteiger partial charge < -0.3 is 19.9 Å². The third-order valence-electron chi connectivity index (χ3n) is 3.52. The van der Waals surface area contributed by atoms with Gasteiger partial charge in [-0.05, 0) is 23.8 Å². The standard InChI is InChI=1S/C18H18N2O4S/c1-19-18(22)16-8-14-15(9-20-10-17(14)25-16)24-13-4-2-12(3-5-13)11-23-7-6-21/h2-5,8-10,21H,6-7,11H2,1H3,(H,19,22). The summed E-state index contributed by atoms with van der Waals surface area (Å²) in [6.45, 7) is 0.770. The second-order valence-corrected chi connectivity index (χ2v) is 6.35. The molecule has 0 spiro atoms. The summed E-state index contributed by atoms with van der Waals surface area (Å²) in [7, 11) is 1.61. The van der Waals surface area contributed by atoms with E-state index in [1.54, 1.807) is 19.4 Å². The molecule has 3 aromatic rings. The Bertz CT molecular complexity index is 861. The first-order valence-corrected chi connectivity index (χ1v) is 8.58. The molecule has 6 nitrogen and oxygen atoms in total. The lowest BCUT2D eigenvalue weighted by Gasteiger charge is -2.08. The Morgan fingerprint density at radius 1 is 1.28 bits per heavy atom. The lowest BCUT2D eigenvalue weighted by atomic mass is 10.2. The van der Waals surface area contributed by atoms with Crippen molar-refractivity contribution < 1.29 is 19.4 Å². The van der Waals surface area contributed by atoms with Crippen LogP contribution >= 0.6 is 11.3 Å². The van der Waals surface area contributed by atoms with Gasteiger partial charge in [-0.3, -0.25) is 9.78 Å². The number of aromatic nitrogens is 1. The number of rotatable bonds is 7. The van der Waals surface area contributed by atoms with Gasteiger partial charge in [0, 0.05) is 18.6 Å². The monoisotopic (exact) mass is 358 g/mol. The third-order valence-corrected chi connectivity index (χ3v) is 4.58. The number of nitrogens with one attached hydrogen (secondary N) is 1. The normalized spacial score (nSPS) is 10.8. The summed E-state index contributed by atoms with van der Waals surface area (Å²) in [4.78, 5) is 16.6. The topological polar surface area (TPSA) is 80.7 Å². The molecule has 0 aliphatic carbocycles. The minimum atomic E-state index is -0.126. The molecule has 0 fully saturated rings. The predicted octanol–water partition coefficient (Wildman–Crippen LogP) is 2.96. The van der Waals surface area contributed by atoms with Crippen LogP contribution in [-0.4, -0.2) is 36.3 Å². The van der Waals surface area contributed by atoms with Gasteiger partial charge in [0.15, 0.2) is 5.75 Å². The maximum absolute atomic E-state index is 11.8. The quantitative estimate of drug-likeness (QED) is 0.635. The van der Waals surface area contributed by atoms with E-state index in [4.69, 9.17) is 14.6 Å². The van der Waals surface area contributed by atoms with Gasteiger partial charge in [-0.25, -0.2) is 0 Å². The SMILES string of the molecule is CNC(=O)c1cc2c(Oc3ccc(COCCO)cc3)cncc2s1. The van der Waals surface area contributed by atoms with Crippen LogP contribution in [0.25, 0.3) is 10.1 Å². The molecule has 0 saturated carbocycles. The number of aliphatic hydroxyl groups excluding tert-OH is 1. The van der Waals surface area contributed by atoms with Crippen molar-refractivity contribution in [1.29, 1.82) is 0 Å². The first-order valence-electron chi connectivity index (χ1n) is 7.76. The van der Waals surface area contributed by atoms with Crippen molar-refractivity contribution >= 4 is 27.3 Å². The Balaban J connectivity index is 1.78. The Labute approximate surface area is 149 Å². The number of thiophene rings is 1. The minimum Gasteiger partial charge on any atom is -0.455 e. The first kappa shape index (κ1) is 17.3. The summed E-state index contributed by atoms with van der Waals surface area (Å²) < 4.78 is 12.1. The van der Waals surface area contributed by atoms with Crippen LogP contribution in [0.2, 0.25) is 0 Å².